The van der Waals surface area contributed by atoms with Gasteiger partial charge in [0, 0.05) is 4.70 Å². The number of aliphatic carboxylic acids is 1. The first-order valence-corrected chi connectivity index (χ1v) is 5.50. The first-order chi connectivity index (χ1) is 7.27. The first kappa shape index (κ1) is 9.93. The molecule has 76 valence electrons. The third-order valence-corrected chi connectivity index (χ3v) is 3.08. The van der Waals surface area contributed by atoms with Crippen molar-refractivity contribution >= 4 is 33.5 Å². The third-order valence-electron chi connectivity index (χ3n) is 2.10. The zero-order valence-electron chi connectivity index (χ0n) is 8.01. The van der Waals surface area contributed by atoms with Crippen LogP contribution >= 0.6 is 11.3 Å². The summed E-state index contributed by atoms with van der Waals surface area (Å²) < 4.78 is 1.23. The molecule has 0 aliphatic rings. The van der Waals surface area contributed by atoms with E-state index in [2.05, 4.69) is 6.07 Å². The Hall–Kier alpha value is -1.61. The summed E-state index contributed by atoms with van der Waals surface area (Å²) in [6.07, 6.45) is 3.62. The number of carboxylic acid groups (broad SMARTS) is 1. The van der Waals surface area contributed by atoms with Crippen molar-refractivity contribution in [2.75, 3.05) is 0 Å². The van der Waals surface area contributed by atoms with Gasteiger partial charge < -0.3 is 5.11 Å². The molecule has 0 bridgehead atoms. The summed E-state index contributed by atoms with van der Waals surface area (Å²) in [5, 5.41) is 11.7. The Bertz CT molecular complexity index is 511. The van der Waals surface area contributed by atoms with E-state index >= 15 is 0 Å². The molecule has 2 rings (SSSR count). The summed E-state index contributed by atoms with van der Waals surface area (Å²) in [5.74, 6) is -0.800. The van der Waals surface area contributed by atoms with E-state index in [4.69, 9.17) is 5.11 Å². The average molecular weight is 218 g/mol. The number of hydrogen-bond acceptors (Lipinski definition) is 2. The van der Waals surface area contributed by atoms with Crippen LogP contribution in [0.2, 0.25) is 0 Å². The van der Waals surface area contributed by atoms with Gasteiger partial charge in [0.2, 0.25) is 0 Å². The summed E-state index contributed by atoms with van der Waals surface area (Å²) >= 11 is 1.67. The second-order valence-electron chi connectivity index (χ2n) is 3.19. The molecule has 0 fully saturated rings. The highest BCUT2D eigenvalue weighted by Gasteiger charge is 1.99. The third kappa shape index (κ3) is 2.25. The average Bonchev–Trinajstić information content (AvgIpc) is 2.62. The van der Waals surface area contributed by atoms with Gasteiger partial charge in [-0.1, -0.05) is 30.4 Å². The van der Waals surface area contributed by atoms with Gasteiger partial charge in [0.1, 0.15) is 0 Å². The molecule has 1 heterocycles. The standard InChI is InChI=1S/C12H10O2S/c13-12(14)7-3-4-9-8-15-11-6-2-1-5-10(9)11/h1-6,8H,7H2,(H,13,14). The number of carbonyl (C=O) groups is 1. The molecule has 1 aromatic heterocycles. The van der Waals surface area contributed by atoms with Crippen LogP contribution in [-0.4, -0.2) is 11.1 Å². The molecule has 0 amide bonds. The molecular formula is C12H10O2S. The Labute approximate surface area is 91.5 Å². The van der Waals surface area contributed by atoms with Crippen LogP contribution in [0.25, 0.3) is 16.2 Å². The van der Waals surface area contributed by atoms with E-state index in [0.29, 0.717) is 0 Å². The van der Waals surface area contributed by atoms with Crippen LogP contribution in [0.15, 0.2) is 35.7 Å². The normalized spacial score (nSPS) is 11.2. The number of fused-ring (bicyclic) bond motifs is 1. The second kappa shape index (κ2) is 4.28. The molecule has 0 saturated heterocycles. The maximum atomic E-state index is 10.3. The summed E-state index contributed by atoms with van der Waals surface area (Å²) in [6.45, 7) is 0. The maximum absolute atomic E-state index is 10.3. The molecule has 2 nitrogen and oxygen atoms in total. The van der Waals surface area contributed by atoms with E-state index < -0.39 is 5.97 Å². The molecular weight excluding hydrogens is 208 g/mol. The molecule has 0 aliphatic heterocycles. The van der Waals surface area contributed by atoms with Crippen molar-refractivity contribution < 1.29 is 9.90 Å². The molecule has 0 atom stereocenters. The van der Waals surface area contributed by atoms with Crippen molar-refractivity contribution in [3.63, 3.8) is 0 Å². The van der Waals surface area contributed by atoms with Gasteiger partial charge in [0.25, 0.3) is 0 Å². The quantitative estimate of drug-likeness (QED) is 0.857. The van der Waals surface area contributed by atoms with Crippen molar-refractivity contribution in [3.05, 3.63) is 41.3 Å². The molecule has 2 aromatic rings. The Kier molecular flexibility index (Phi) is 2.83. The smallest absolute Gasteiger partial charge is 0.307 e. The number of rotatable bonds is 3. The fourth-order valence-electron chi connectivity index (χ4n) is 1.41. The Balaban J connectivity index is 2.28. The molecule has 0 unspecified atom stereocenters. The molecule has 0 radical (unpaired) electrons. The molecule has 0 spiro atoms. The highest BCUT2D eigenvalue weighted by Crippen LogP contribution is 2.26. The Morgan fingerprint density at radius 3 is 3.00 bits per heavy atom. The zero-order valence-corrected chi connectivity index (χ0v) is 8.83. The first-order valence-electron chi connectivity index (χ1n) is 4.62. The van der Waals surface area contributed by atoms with E-state index in [0.717, 1.165) is 5.56 Å². The Morgan fingerprint density at radius 1 is 1.40 bits per heavy atom. The topological polar surface area (TPSA) is 37.3 Å². The van der Waals surface area contributed by atoms with E-state index in [1.54, 1.807) is 17.4 Å². The van der Waals surface area contributed by atoms with Crippen molar-refractivity contribution in [2.24, 2.45) is 0 Å². The second-order valence-corrected chi connectivity index (χ2v) is 4.10. The fourth-order valence-corrected chi connectivity index (χ4v) is 2.34. The van der Waals surface area contributed by atoms with E-state index in [9.17, 15) is 4.79 Å². The maximum Gasteiger partial charge on any atom is 0.307 e. The van der Waals surface area contributed by atoms with Crippen LogP contribution in [0.4, 0.5) is 0 Å². The van der Waals surface area contributed by atoms with E-state index in [-0.39, 0.29) is 6.42 Å². The number of thiophene rings is 1. The van der Waals surface area contributed by atoms with Gasteiger partial charge in [-0.15, -0.1) is 11.3 Å². The minimum Gasteiger partial charge on any atom is -0.481 e. The van der Waals surface area contributed by atoms with Gasteiger partial charge >= 0.3 is 5.97 Å². The lowest BCUT2D eigenvalue weighted by atomic mass is 10.1. The van der Waals surface area contributed by atoms with Crippen molar-refractivity contribution in [2.45, 2.75) is 6.42 Å². The van der Waals surface area contributed by atoms with Crippen LogP contribution in [0.5, 0.6) is 0 Å². The molecule has 0 aliphatic carbocycles. The largest absolute Gasteiger partial charge is 0.481 e. The molecule has 0 saturated carbocycles. The van der Waals surface area contributed by atoms with Gasteiger partial charge in [-0.3, -0.25) is 4.79 Å². The van der Waals surface area contributed by atoms with Crippen LogP contribution in [0.1, 0.15) is 12.0 Å². The van der Waals surface area contributed by atoms with E-state index in [1.165, 1.54) is 10.1 Å². The van der Waals surface area contributed by atoms with Gasteiger partial charge in [0.05, 0.1) is 6.42 Å². The summed E-state index contributed by atoms with van der Waals surface area (Å²) in [7, 11) is 0. The predicted molar refractivity (Wildman–Crippen MR) is 63.1 cm³/mol. The predicted octanol–water partition coefficient (Wildman–Crippen LogP) is 3.39. The SMILES string of the molecule is O=C(O)CC=Cc1csc2ccccc12. The number of benzene rings is 1. The van der Waals surface area contributed by atoms with Crippen LogP contribution < -0.4 is 0 Å². The minimum absolute atomic E-state index is 0.0736. The lowest BCUT2D eigenvalue weighted by molar-refractivity contribution is -0.135. The number of carboxylic acids is 1. The van der Waals surface area contributed by atoms with Crippen LogP contribution in [0, 0.1) is 0 Å². The molecule has 15 heavy (non-hydrogen) atoms. The minimum atomic E-state index is -0.800. The van der Waals surface area contributed by atoms with Crippen LogP contribution in [0.3, 0.4) is 0 Å². The lowest BCUT2D eigenvalue weighted by Crippen LogP contribution is -1.89. The molecule has 1 N–H and O–H groups in total. The summed E-state index contributed by atoms with van der Waals surface area (Å²) in [4.78, 5) is 10.3. The Morgan fingerprint density at radius 2 is 2.20 bits per heavy atom. The van der Waals surface area contributed by atoms with Crippen molar-refractivity contribution in [1.29, 1.82) is 0 Å². The van der Waals surface area contributed by atoms with Crippen molar-refractivity contribution in [1.82, 2.24) is 0 Å². The van der Waals surface area contributed by atoms with Crippen LogP contribution in [-0.2, 0) is 4.79 Å². The monoisotopic (exact) mass is 218 g/mol. The van der Waals surface area contributed by atoms with Gasteiger partial charge in [-0.05, 0) is 22.4 Å². The zero-order chi connectivity index (χ0) is 10.7. The molecule has 3 heteroatoms. The molecule has 1 aromatic carbocycles. The summed E-state index contributed by atoms with van der Waals surface area (Å²) in [6, 6.07) is 8.11. The summed E-state index contributed by atoms with van der Waals surface area (Å²) in [5.41, 5.74) is 1.09. The number of hydrogen-bond donors (Lipinski definition) is 1. The van der Waals surface area contributed by atoms with Gasteiger partial charge in [0.15, 0.2) is 0 Å². The lowest BCUT2D eigenvalue weighted by Gasteiger charge is -1.90. The fraction of sp³-hybridized carbons (Fsp3) is 0.0833. The van der Waals surface area contributed by atoms with E-state index in [1.807, 2.05) is 29.7 Å². The van der Waals surface area contributed by atoms with Gasteiger partial charge in [-0.2, -0.15) is 0 Å². The van der Waals surface area contributed by atoms with Gasteiger partial charge in [-0.25, -0.2) is 0 Å². The highest BCUT2D eigenvalue weighted by molar-refractivity contribution is 7.17. The van der Waals surface area contributed by atoms with Crippen molar-refractivity contribution in [3.8, 4) is 0 Å². The highest BCUT2D eigenvalue weighted by atomic mass is 32.1.